The molecule has 0 fully saturated rings. The van der Waals surface area contributed by atoms with Gasteiger partial charge in [0.25, 0.3) is 0 Å². The normalized spacial score (nSPS) is 14.9. The zero-order chi connectivity index (χ0) is 21.3. The smallest absolute Gasteiger partial charge is 0.242 e. The summed E-state index contributed by atoms with van der Waals surface area (Å²) in [5, 5.41) is 9.73. The molecule has 0 saturated heterocycles. The van der Waals surface area contributed by atoms with Crippen LogP contribution in [0.25, 0.3) is 11.0 Å². The van der Waals surface area contributed by atoms with Crippen LogP contribution in [0.15, 0.2) is 28.3 Å². The topological polar surface area (TPSA) is 85.9 Å². The number of nitrogens with zero attached hydrogens (tertiary/aromatic N) is 6. The summed E-state index contributed by atoms with van der Waals surface area (Å²) in [6, 6.07) is 5.21. The summed E-state index contributed by atoms with van der Waals surface area (Å²) in [4.78, 5) is 5.06. The SMILES string of the molecule is CCCn1c(CSc2nnc3n2CCCCC3)nc2cc(S(=O)(=O)N(C)C)ccc21. The van der Waals surface area contributed by atoms with Crippen molar-refractivity contribution in [3.05, 3.63) is 29.8 Å². The maximum absolute atomic E-state index is 12.5. The zero-order valence-corrected chi connectivity index (χ0v) is 19.3. The zero-order valence-electron chi connectivity index (χ0n) is 17.7. The van der Waals surface area contributed by atoms with Crippen molar-refractivity contribution in [2.45, 2.75) is 67.9 Å². The van der Waals surface area contributed by atoms with Crippen LogP contribution in [0, 0.1) is 0 Å². The Labute approximate surface area is 181 Å². The Morgan fingerprint density at radius 3 is 2.77 bits per heavy atom. The molecular weight excluding hydrogens is 420 g/mol. The second-order valence-electron chi connectivity index (χ2n) is 7.77. The van der Waals surface area contributed by atoms with E-state index in [1.807, 2.05) is 6.07 Å². The summed E-state index contributed by atoms with van der Waals surface area (Å²) >= 11 is 1.65. The van der Waals surface area contributed by atoms with E-state index in [1.54, 1.807) is 38.0 Å². The van der Waals surface area contributed by atoms with Crippen LogP contribution in [-0.2, 0) is 35.3 Å². The molecule has 0 bridgehead atoms. The van der Waals surface area contributed by atoms with Gasteiger partial charge < -0.3 is 9.13 Å². The molecule has 4 rings (SSSR count). The molecule has 0 saturated carbocycles. The van der Waals surface area contributed by atoms with Gasteiger partial charge in [-0.1, -0.05) is 25.1 Å². The van der Waals surface area contributed by atoms with E-state index in [9.17, 15) is 8.42 Å². The second kappa shape index (κ2) is 8.68. The standard InChI is InChI=1S/C20H28N6O2S2/c1-4-11-25-17-10-9-15(30(27,28)24(2)3)13-16(17)21-19(25)14-29-20-23-22-18-8-6-5-7-12-26(18)20/h9-10,13H,4-8,11-12,14H2,1-3H3. The van der Waals surface area contributed by atoms with Gasteiger partial charge >= 0.3 is 0 Å². The highest BCUT2D eigenvalue weighted by atomic mass is 32.2. The second-order valence-corrected chi connectivity index (χ2v) is 10.9. The lowest BCUT2D eigenvalue weighted by Crippen LogP contribution is -2.22. The average Bonchev–Trinajstić information content (AvgIpc) is 3.17. The van der Waals surface area contributed by atoms with Crippen LogP contribution in [-0.4, -0.2) is 51.1 Å². The summed E-state index contributed by atoms with van der Waals surface area (Å²) in [7, 11) is -0.408. The fourth-order valence-electron chi connectivity index (χ4n) is 3.81. The van der Waals surface area contributed by atoms with Crippen LogP contribution in [0.2, 0.25) is 0 Å². The number of aromatic nitrogens is 5. The lowest BCUT2D eigenvalue weighted by Gasteiger charge is -2.11. The van der Waals surface area contributed by atoms with Crippen molar-refractivity contribution < 1.29 is 8.42 Å². The van der Waals surface area contributed by atoms with Crippen molar-refractivity contribution in [2.24, 2.45) is 0 Å². The summed E-state index contributed by atoms with van der Waals surface area (Å²) in [5.41, 5.74) is 1.67. The molecule has 2 aromatic heterocycles. The molecule has 1 aromatic carbocycles. The van der Waals surface area contributed by atoms with Crippen LogP contribution >= 0.6 is 11.8 Å². The Morgan fingerprint density at radius 2 is 2.00 bits per heavy atom. The number of thioether (sulfide) groups is 1. The van der Waals surface area contributed by atoms with E-state index in [0.717, 1.165) is 54.7 Å². The number of fused-ring (bicyclic) bond motifs is 2. The molecule has 0 N–H and O–H groups in total. The van der Waals surface area contributed by atoms with Gasteiger partial charge in [-0.05, 0) is 37.5 Å². The van der Waals surface area contributed by atoms with Crippen molar-refractivity contribution in [1.29, 1.82) is 0 Å². The monoisotopic (exact) mass is 448 g/mol. The van der Waals surface area contributed by atoms with E-state index in [4.69, 9.17) is 4.98 Å². The van der Waals surface area contributed by atoms with Gasteiger partial charge in [-0.3, -0.25) is 0 Å². The van der Waals surface area contributed by atoms with E-state index in [0.29, 0.717) is 11.3 Å². The van der Waals surface area contributed by atoms with Gasteiger partial charge in [0.1, 0.15) is 11.6 Å². The molecule has 0 spiro atoms. The number of hydrogen-bond donors (Lipinski definition) is 0. The van der Waals surface area contributed by atoms with Crippen LogP contribution in [0.5, 0.6) is 0 Å². The first kappa shape index (κ1) is 21.3. The van der Waals surface area contributed by atoms with Crippen molar-refractivity contribution in [1.82, 2.24) is 28.6 Å². The number of imidazole rings is 1. The van der Waals surface area contributed by atoms with Gasteiger partial charge in [-0.25, -0.2) is 17.7 Å². The van der Waals surface area contributed by atoms with Crippen LogP contribution in [0.3, 0.4) is 0 Å². The molecule has 0 radical (unpaired) electrons. The number of hydrogen-bond acceptors (Lipinski definition) is 6. The molecule has 162 valence electrons. The minimum absolute atomic E-state index is 0.267. The number of aryl methyl sites for hydroxylation is 2. The largest absolute Gasteiger partial charge is 0.327 e. The van der Waals surface area contributed by atoms with Gasteiger partial charge in [-0.15, -0.1) is 10.2 Å². The average molecular weight is 449 g/mol. The molecule has 10 heteroatoms. The van der Waals surface area contributed by atoms with Crippen molar-refractivity contribution in [3.63, 3.8) is 0 Å². The number of sulfonamides is 1. The third-order valence-electron chi connectivity index (χ3n) is 5.43. The lowest BCUT2D eigenvalue weighted by molar-refractivity contribution is 0.521. The molecular formula is C20H28N6O2S2. The fourth-order valence-corrected chi connectivity index (χ4v) is 5.66. The maximum Gasteiger partial charge on any atom is 0.242 e. The van der Waals surface area contributed by atoms with Crippen molar-refractivity contribution in [2.75, 3.05) is 14.1 Å². The third-order valence-corrected chi connectivity index (χ3v) is 8.20. The minimum Gasteiger partial charge on any atom is -0.327 e. The van der Waals surface area contributed by atoms with Crippen LogP contribution in [0.1, 0.15) is 44.3 Å². The predicted molar refractivity (Wildman–Crippen MR) is 118 cm³/mol. The summed E-state index contributed by atoms with van der Waals surface area (Å²) in [5.74, 6) is 2.68. The fraction of sp³-hybridized carbons (Fsp3) is 0.550. The minimum atomic E-state index is -3.49. The molecule has 1 aliphatic heterocycles. The van der Waals surface area contributed by atoms with Crippen molar-refractivity contribution in [3.8, 4) is 0 Å². The van der Waals surface area contributed by atoms with Gasteiger partial charge in [-0.2, -0.15) is 0 Å². The molecule has 0 amide bonds. The van der Waals surface area contributed by atoms with Crippen LogP contribution < -0.4 is 0 Å². The first-order chi connectivity index (χ1) is 14.4. The van der Waals surface area contributed by atoms with E-state index in [1.165, 1.54) is 17.1 Å². The number of rotatable bonds is 7. The molecule has 3 heterocycles. The van der Waals surface area contributed by atoms with E-state index in [2.05, 4.69) is 26.3 Å². The molecule has 8 nitrogen and oxygen atoms in total. The predicted octanol–water partition coefficient (Wildman–Crippen LogP) is 3.31. The Hall–Kier alpha value is -1.91. The Kier molecular flexibility index (Phi) is 6.17. The highest BCUT2D eigenvalue weighted by molar-refractivity contribution is 7.98. The first-order valence-electron chi connectivity index (χ1n) is 10.4. The van der Waals surface area contributed by atoms with Crippen LogP contribution in [0.4, 0.5) is 0 Å². The molecule has 1 aliphatic rings. The summed E-state index contributed by atoms with van der Waals surface area (Å²) < 4.78 is 30.7. The summed E-state index contributed by atoms with van der Waals surface area (Å²) in [6.07, 6.45) is 5.54. The Balaban J connectivity index is 1.65. The van der Waals surface area contributed by atoms with E-state index < -0.39 is 10.0 Å². The first-order valence-corrected chi connectivity index (χ1v) is 12.8. The number of benzene rings is 1. The lowest BCUT2D eigenvalue weighted by atomic mass is 10.2. The third kappa shape index (κ3) is 4.00. The van der Waals surface area contributed by atoms with Gasteiger partial charge in [0.2, 0.25) is 10.0 Å². The molecule has 0 atom stereocenters. The molecule has 3 aromatic rings. The van der Waals surface area contributed by atoms with Gasteiger partial charge in [0, 0.05) is 33.6 Å². The molecule has 0 aliphatic carbocycles. The van der Waals surface area contributed by atoms with Gasteiger partial charge in [0.15, 0.2) is 5.16 Å². The van der Waals surface area contributed by atoms with Gasteiger partial charge in [0.05, 0.1) is 21.7 Å². The maximum atomic E-state index is 12.5. The Morgan fingerprint density at radius 1 is 1.17 bits per heavy atom. The summed E-state index contributed by atoms with van der Waals surface area (Å²) in [6.45, 7) is 3.94. The highest BCUT2D eigenvalue weighted by Crippen LogP contribution is 2.28. The van der Waals surface area contributed by atoms with E-state index >= 15 is 0 Å². The molecule has 0 unspecified atom stereocenters. The quantitative estimate of drug-likeness (QED) is 0.516. The highest BCUT2D eigenvalue weighted by Gasteiger charge is 2.21. The Bertz CT molecular complexity index is 1150. The van der Waals surface area contributed by atoms with Crippen molar-refractivity contribution >= 4 is 32.8 Å². The van der Waals surface area contributed by atoms with E-state index in [-0.39, 0.29) is 4.90 Å². The molecule has 30 heavy (non-hydrogen) atoms.